The molecule has 4 saturated carbocycles. The molecule has 1 aromatic rings. The lowest BCUT2D eigenvalue weighted by atomic mass is 9.50. The van der Waals surface area contributed by atoms with Crippen molar-refractivity contribution in [2.75, 3.05) is 6.61 Å². The number of carboxylic acids is 1. The van der Waals surface area contributed by atoms with Crippen molar-refractivity contribution in [3.8, 4) is 5.75 Å². The Kier molecular flexibility index (Phi) is 4.61. The van der Waals surface area contributed by atoms with Crippen LogP contribution in [0.5, 0.6) is 5.75 Å². The number of nitro benzene ring substituents is 1. The largest absolute Gasteiger partial charge is 0.545 e. The van der Waals surface area contributed by atoms with E-state index in [1.807, 2.05) is 0 Å². The molecule has 0 aromatic heterocycles. The van der Waals surface area contributed by atoms with E-state index in [1.165, 1.54) is 38.5 Å². The minimum absolute atomic E-state index is 0.123. The van der Waals surface area contributed by atoms with Crippen molar-refractivity contribution in [2.45, 2.75) is 58.2 Å². The highest BCUT2D eigenvalue weighted by Gasteiger charge is 2.51. The van der Waals surface area contributed by atoms with Crippen LogP contribution in [0.2, 0.25) is 0 Å². The minimum atomic E-state index is -1.41. The zero-order chi connectivity index (χ0) is 20.1. The summed E-state index contributed by atoms with van der Waals surface area (Å²) in [6.07, 6.45) is 7.62. The van der Waals surface area contributed by atoms with Gasteiger partial charge in [-0.05, 0) is 73.8 Å². The lowest BCUT2D eigenvalue weighted by Crippen LogP contribution is -2.49. The quantitative estimate of drug-likeness (QED) is 0.403. The standard InChI is InChI=1S/C21H27NO6/c1-20(2,28-18-8-16(19(23)24)3-4-17(18)22(25)26)27-12-21-9-13-5-14(10-21)7-15(6-13)11-21/h3-4,8,13-15H,5-7,9-12H2,1-2H3,(H,23,24)/p-1. The van der Waals surface area contributed by atoms with Crippen LogP contribution in [0.4, 0.5) is 5.69 Å². The highest BCUT2D eigenvalue weighted by molar-refractivity contribution is 5.87. The summed E-state index contributed by atoms with van der Waals surface area (Å²) in [4.78, 5) is 21.8. The Morgan fingerprint density at radius 1 is 1.18 bits per heavy atom. The number of hydrogen-bond acceptors (Lipinski definition) is 6. The lowest BCUT2D eigenvalue weighted by molar-refractivity contribution is -0.387. The highest BCUT2D eigenvalue weighted by Crippen LogP contribution is 2.60. The van der Waals surface area contributed by atoms with E-state index in [2.05, 4.69) is 0 Å². The Morgan fingerprint density at radius 3 is 2.25 bits per heavy atom. The lowest BCUT2D eigenvalue weighted by Gasteiger charge is -2.57. The van der Waals surface area contributed by atoms with Gasteiger partial charge < -0.3 is 19.4 Å². The fourth-order valence-electron chi connectivity index (χ4n) is 5.96. The maximum absolute atomic E-state index is 11.3. The first-order valence-electron chi connectivity index (χ1n) is 9.97. The van der Waals surface area contributed by atoms with E-state index >= 15 is 0 Å². The summed E-state index contributed by atoms with van der Waals surface area (Å²) in [5.74, 6) is -0.230. The van der Waals surface area contributed by atoms with Gasteiger partial charge in [-0.15, -0.1) is 0 Å². The van der Waals surface area contributed by atoms with Crippen molar-refractivity contribution in [3.63, 3.8) is 0 Å². The number of nitrogens with zero attached hydrogens (tertiary/aromatic N) is 1. The number of nitro groups is 1. The molecule has 0 heterocycles. The first-order valence-corrected chi connectivity index (χ1v) is 9.97. The van der Waals surface area contributed by atoms with Gasteiger partial charge in [0, 0.05) is 25.5 Å². The molecule has 4 fully saturated rings. The van der Waals surface area contributed by atoms with Crippen molar-refractivity contribution >= 4 is 11.7 Å². The molecular weight excluding hydrogens is 362 g/mol. The second-order valence-electron chi connectivity index (χ2n) is 9.44. The second kappa shape index (κ2) is 6.72. The minimum Gasteiger partial charge on any atom is -0.545 e. The fourth-order valence-corrected chi connectivity index (χ4v) is 5.96. The monoisotopic (exact) mass is 388 g/mol. The van der Waals surface area contributed by atoms with Crippen LogP contribution in [-0.4, -0.2) is 23.3 Å². The average Bonchev–Trinajstić information content (AvgIpc) is 2.58. The molecule has 0 aliphatic heterocycles. The van der Waals surface area contributed by atoms with E-state index < -0.39 is 16.7 Å². The summed E-state index contributed by atoms with van der Waals surface area (Å²) in [5, 5.41) is 22.4. The number of rotatable bonds is 7. The van der Waals surface area contributed by atoms with Crippen LogP contribution in [-0.2, 0) is 4.74 Å². The molecule has 5 rings (SSSR count). The summed E-state index contributed by atoms with van der Waals surface area (Å²) < 4.78 is 11.9. The number of carbonyl (C=O) groups excluding carboxylic acids is 1. The topological polar surface area (TPSA) is 102 Å². The van der Waals surface area contributed by atoms with E-state index in [-0.39, 0.29) is 22.4 Å². The zero-order valence-electron chi connectivity index (χ0n) is 16.3. The van der Waals surface area contributed by atoms with Crippen molar-refractivity contribution in [1.82, 2.24) is 0 Å². The van der Waals surface area contributed by atoms with Gasteiger partial charge in [0.15, 0.2) is 0 Å². The first-order chi connectivity index (χ1) is 13.1. The van der Waals surface area contributed by atoms with Gasteiger partial charge in [-0.1, -0.05) is 0 Å². The molecule has 7 heteroatoms. The molecule has 1 aromatic carbocycles. The van der Waals surface area contributed by atoms with E-state index in [0.29, 0.717) is 6.61 Å². The van der Waals surface area contributed by atoms with Crippen LogP contribution < -0.4 is 9.84 Å². The number of aromatic carboxylic acids is 1. The van der Waals surface area contributed by atoms with Crippen molar-refractivity contribution < 1.29 is 24.3 Å². The third kappa shape index (κ3) is 3.72. The Bertz CT molecular complexity index is 767. The van der Waals surface area contributed by atoms with E-state index in [4.69, 9.17) is 9.47 Å². The second-order valence-corrected chi connectivity index (χ2v) is 9.44. The van der Waals surface area contributed by atoms with E-state index in [1.54, 1.807) is 13.8 Å². The van der Waals surface area contributed by atoms with Crippen molar-refractivity contribution in [1.29, 1.82) is 0 Å². The van der Waals surface area contributed by atoms with Gasteiger partial charge >= 0.3 is 5.69 Å². The van der Waals surface area contributed by atoms with Crippen LogP contribution in [0.3, 0.4) is 0 Å². The highest BCUT2D eigenvalue weighted by atomic mass is 16.7. The van der Waals surface area contributed by atoms with Gasteiger partial charge in [0.05, 0.1) is 17.5 Å². The van der Waals surface area contributed by atoms with Crippen molar-refractivity contribution in [2.24, 2.45) is 23.2 Å². The molecule has 0 amide bonds. The summed E-state index contributed by atoms with van der Waals surface area (Å²) >= 11 is 0. The van der Waals surface area contributed by atoms with E-state index in [9.17, 15) is 20.0 Å². The summed E-state index contributed by atoms with van der Waals surface area (Å²) in [7, 11) is 0. The van der Waals surface area contributed by atoms with Crippen LogP contribution >= 0.6 is 0 Å². The zero-order valence-corrected chi connectivity index (χ0v) is 16.3. The van der Waals surface area contributed by atoms with Gasteiger partial charge in [0.25, 0.3) is 0 Å². The SMILES string of the molecule is CC(C)(OCC12CC3CC(CC(C3)C1)C2)Oc1cc(C(=O)[O-])ccc1[N+](=O)[O-]. The van der Waals surface area contributed by atoms with Crippen LogP contribution in [0.25, 0.3) is 0 Å². The smallest absolute Gasteiger partial charge is 0.311 e. The van der Waals surface area contributed by atoms with E-state index in [0.717, 1.165) is 36.0 Å². The number of carboxylic acid groups (broad SMARTS) is 1. The number of hydrogen-bond donors (Lipinski definition) is 0. The van der Waals surface area contributed by atoms with Gasteiger partial charge in [0.2, 0.25) is 11.5 Å². The number of ether oxygens (including phenoxy) is 2. The molecule has 0 radical (unpaired) electrons. The van der Waals surface area contributed by atoms with Crippen molar-refractivity contribution in [3.05, 3.63) is 33.9 Å². The number of carbonyl (C=O) groups is 1. The molecule has 0 atom stereocenters. The molecule has 7 nitrogen and oxygen atoms in total. The molecule has 4 aliphatic rings. The van der Waals surface area contributed by atoms with Gasteiger partial charge in [-0.3, -0.25) is 10.1 Å². The predicted molar refractivity (Wildman–Crippen MR) is 98.7 cm³/mol. The Labute approximate surface area is 164 Å². The number of benzene rings is 1. The molecular formula is C21H26NO6-. The molecule has 28 heavy (non-hydrogen) atoms. The third-order valence-corrected chi connectivity index (χ3v) is 6.64. The predicted octanol–water partition coefficient (Wildman–Crippen LogP) is 3.31. The Hall–Kier alpha value is -2.15. The first kappa shape index (κ1) is 19.2. The molecule has 0 spiro atoms. The summed E-state index contributed by atoms with van der Waals surface area (Å²) in [6.45, 7) is 3.99. The Morgan fingerprint density at radius 2 is 1.75 bits per heavy atom. The van der Waals surface area contributed by atoms with Crippen LogP contribution in [0.15, 0.2) is 18.2 Å². The van der Waals surface area contributed by atoms with Gasteiger partial charge in [-0.25, -0.2) is 0 Å². The maximum Gasteiger partial charge on any atom is 0.311 e. The fraction of sp³-hybridized carbons (Fsp3) is 0.667. The van der Waals surface area contributed by atoms with Crippen LogP contribution in [0.1, 0.15) is 62.7 Å². The molecule has 152 valence electrons. The molecule has 0 unspecified atom stereocenters. The molecule has 4 aliphatic carbocycles. The molecule has 0 saturated heterocycles. The summed E-state index contributed by atoms with van der Waals surface area (Å²) in [5.41, 5.74) is -0.275. The average molecular weight is 388 g/mol. The Balaban J connectivity index is 1.48. The van der Waals surface area contributed by atoms with Crippen LogP contribution in [0, 0.1) is 33.3 Å². The maximum atomic E-state index is 11.3. The van der Waals surface area contributed by atoms with Gasteiger partial charge in [-0.2, -0.15) is 0 Å². The molecule has 0 N–H and O–H groups in total. The molecule has 4 bridgehead atoms. The summed E-state index contributed by atoms with van der Waals surface area (Å²) in [6, 6.07) is 3.39. The normalized spacial score (nSPS) is 31.0. The third-order valence-electron chi connectivity index (χ3n) is 6.64. The van der Waals surface area contributed by atoms with Gasteiger partial charge in [0.1, 0.15) is 0 Å².